The normalized spacial score (nSPS) is 18.2. The van der Waals surface area contributed by atoms with Crippen LogP contribution in [0, 0.1) is 6.92 Å². The molecule has 1 heterocycles. The molecule has 0 bridgehead atoms. The Bertz CT molecular complexity index is 642. The van der Waals surface area contributed by atoms with Gasteiger partial charge in [-0.2, -0.15) is 0 Å². The predicted octanol–water partition coefficient (Wildman–Crippen LogP) is 4.51. The summed E-state index contributed by atoms with van der Waals surface area (Å²) in [6.45, 7) is 6.72. The van der Waals surface area contributed by atoms with E-state index < -0.39 is 0 Å². The van der Waals surface area contributed by atoms with Crippen LogP contribution in [-0.2, 0) is 5.41 Å². The van der Waals surface area contributed by atoms with Crippen LogP contribution in [0.5, 0.6) is 0 Å². The van der Waals surface area contributed by atoms with Gasteiger partial charge >= 0.3 is 0 Å². The third-order valence-corrected chi connectivity index (χ3v) is 4.70. The number of benzene rings is 1. The second-order valence-electron chi connectivity index (χ2n) is 6.28. The Morgan fingerprint density at radius 2 is 1.89 bits per heavy atom. The summed E-state index contributed by atoms with van der Waals surface area (Å²) in [6.07, 6.45) is 2.63. The Hall–Kier alpha value is -1.50. The maximum Gasteiger partial charge on any atom is 0.0366 e. The van der Waals surface area contributed by atoms with Crippen molar-refractivity contribution < 1.29 is 0 Å². The number of aryl methyl sites for hydroxylation is 1. The number of aromatic amines is 1. The Morgan fingerprint density at radius 1 is 1.11 bits per heavy atom. The summed E-state index contributed by atoms with van der Waals surface area (Å²) in [7, 11) is 0. The number of rotatable bonds is 1. The molecule has 0 saturated heterocycles. The summed E-state index contributed by atoms with van der Waals surface area (Å²) >= 11 is 0. The average Bonchev–Trinajstić information content (AvgIpc) is 3.00. The first kappa shape index (κ1) is 10.4. The minimum absolute atomic E-state index is 0.351. The summed E-state index contributed by atoms with van der Waals surface area (Å²) in [4.78, 5) is 3.60. The highest BCUT2D eigenvalue weighted by Gasteiger charge is 2.53. The monoisotopic (exact) mass is 237 g/mol. The molecule has 2 aromatic rings. The van der Waals surface area contributed by atoms with Crippen molar-refractivity contribution in [1.29, 1.82) is 0 Å². The highest BCUT2D eigenvalue weighted by atomic mass is 14.8. The van der Waals surface area contributed by atoms with Gasteiger partial charge in [0.1, 0.15) is 0 Å². The summed E-state index contributed by atoms with van der Waals surface area (Å²) in [5.74, 6) is 0.617. The van der Waals surface area contributed by atoms with Crippen LogP contribution in [0.3, 0.4) is 0 Å². The molecule has 1 N–H and O–H groups in total. The van der Waals surface area contributed by atoms with Gasteiger partial charge in [-0.3, -0.25) is 0 Å². The molecule has 0 radical (unpaired) electrons. The Balaban J connectivity index is 1.98. The molecule has 1 aromatic heterocycles. The fourth-order valence-electron chi connectivity index (χ4n) is 3.51. The van der Waals surface area contributed by atoms with Crippen LogP contribution in [0.2, 0.25) is 0 Å². The Labute approximate surface area is 108 Å². The van der Waals surface area contributed by atoms with E-state index in [9.17, 15) is 0 Å². The van der Waals surface area contributed by atoms with Gasteiger partial charge in [0.15, 0.2) is 0 Å². The summed E-state index contributed by atoms with van der Waals surface area (Å²) in [5, 5.41) is 0. The fourth-order valence-corrected chi connectivity index (χ4v) is 3.51. The molecule has 0 unspecified atom stereocenters. The van der Waals surface area contributed by atoms with Gasteiger partial charge in [-0.05, 0) is 48.4 Å². The van der Waals surface area contributed by atoms with Crippen LogP contribution in [0.15, 0.2) is 24.3 Å². The SMILES string of the molecule is Cc1cc2c([nH]1)C1(CC1)c1cc(C(C)C)ccc1-2. The number of hydrogen-bond acceptors (Lipinski definition) is 0. The van der Waals surface area contributed by atoms with Gasteiger partial charge in [0.2, 0.25) is 0 Å². The summed E-state index contributed by atoms with van der Waals surface area (Å²) < 4.78 is 0. The molecule has 0 amide bonds. The van der Waals surface area contributed by atoms with Crippen LogP contribution in [0.1, 0.15) is 55.1 Å². The minimum atomic E-state index is 0.351. The van der Waals surface area contributed by atoms with Crippen molar-refractivity contribution >= 4 is 0 Å². The molecular formula is C17H19N. The molecule has 2 aliphatic rings. The first-order chi connectivity index (χ1) is 8.62. The van der Waals surface area contributed by atoms with Crippen LogP contribution in [0.25, 0.3) is 11.1 Å². The molecule has 1 spiro atoms. The lowest BCUT2D eigenvalue weighted by molar-refractivity contribution is 0.818. The van der Waals surface area contributed by atoms with Gasteiger partial charge in [0.05, 0.1) is 0 Å². The van der Waals surface area contributed by atoms with E-state index in [1.54, 1.807) is 5.56 Å². The molecule has 1 nitrogen and oxygen atoms in total. The second-order valence-corrected chi connectivity index (χ2v) is 6.28. The summed E-state index contributed by atoms with van der Waals surface area (Å²) in [6, 6.07) is 9.41. The van der Waals surface area contributed by atoms with Crippen molar-refractivity contribution in [3.05, 3.63) is 46.8 Å². The Morgan fingerprint density at radius 3 is 2.56 bits per heavy atom. The standard InChI is InChI=1S/C17H19N/c1-10(2)12-4-5-13-14-8-11(3)18-16(14)17(6-7-17)15(13)9-12/h4-5,8-10,18H,6-7H2,1-3H3. The maximum absolute atomic E-state index is 3.60. The average molecular weight is 237 g/mol. The van der Waals surface area contributed by atoms with Gasteiger partial charge in [0, 0.05) is 22.4 Å². The van der Waals surface area contributed by atoms with E-state index in [2.05, 4.69) is 50.0 Å². The Kier molecular flexibility index (Phi) is 1.79. The van der Waals surface area contributed by atoms with E-state index in [0.29, 0.717) is 11.3 Å². The van der Waals surface area contributed by atoms with Gasteiger partial charge < -0.3 is 4.98 Å². The van der Waals surface area contributed by atoms with Gasteiger partial charge in [-0.25, -0.2) is 0 Å². The maximum atomic E-state index is 3.60. The highest BCUT2D eigenvalue weighted by molar-refractivity contribution is 5.82. The zero-order valence-corrected chi connectivity index (χ0v) is 11.3. The first-order valence-corrected chi connectivity index (χ1v) is 6.97. The van der Waals surface area contributed by atoms with Crippen molar-refractivity contribution in [3.63, 3.8) is 0 Å². The molecule has 0 aliphatic heterocycles. The molecule has 1 aromatic carbocycles. The van der Waals surface area contributed by atoms with E-state index in [1.807, 2.05) is 0 Å². The predicted molar refractivity (Wildman–Crippen MR) is 75.1 cm³/mol. The number of aromatic nitrogens is 1. The van der Waals surface area contributed by atoms with Crippen LogP contribution in [0.4, 0.5) is 0 Å². The topological polar surface area (TPSA) is 15.8 Å². The molecule has 1 fully saturated rings. The van der Waals surface area contributed by atoms with Crippen molar-refractivity contribution in [2.24, 2.45) is 0 Å². The quantitative estimate of drug-likeness (QED) is 0.751. The van der Waals surface area contributed by atoms with Gasteiger partial charge in [-0.15, -0.1) is 0 Å². The molecular weight excluding hydrogens is 218 g/mol. The fraction of sp³-hybridized carbons (Fsp3) is 0.412. The largest absolute Gasteiger partial charge is 0.361 e. The summed E-state index contributed by atoms with van der Waals surface area (Å²) in [5.41, 5.74) is 9.10. The third kappa shape index (κ3) is 1.12. The molecule has 0 atom stereocenters. The third-order valence-electron chi connectivity index (χ3n) is 4.70. The molecule has 2 aliphatic carbocycles. The smallest absolute Gasteiger partial charge is 0.0366 e. The van der Waals surface area contributed by atoms with Crippen molar-refractivity contribution in [3.8, 4) is 11.1 Å². The van der Waals surface area contributed by atoms with Gasteiger partial charge in [-0.1, -0.05) is 32.0 Å². The number of H-pyrrole nitrogens is 1. The lowest BCUT2D eigenvalue weighted by atomic mass is 9.92. The number of hydrogen-bond donors (Lipinski definition) is 1. The van der Waals surface area contributed by atoms with Crippen LogP contribution >= 0.6 is 0 Å². The van der Waals surface area contributed by atoms with Crippen molar-refractivity contribution in [1.82, 2.24) is 4.98 Å². The lowest BCUT2D eigenvalue weighted by Crippen LogP contribution is -2.05. The van der Waals surface area contributed by atoms with Crippen LogP contribution in [-0.4, -0.2) is 4.98 Å². The van der Waals surface area contributed by atoms with E-state index in [1.165, 1.54) is 40.9 Å². The molecule has 18 heavy (non-hydrogen) atoms. The minimum Gasteiger partial charge on any atom is -0.361 e. The van der Waals surface area contributed by atoms with E-state index in [0.717, 1.165) is 0 Å². The lowest BCUT2D eigenvalue weighted by Gasteiger charge is -2.13. The number of nitrogens with one attached hydrogen (secondary N) is 1. The van der Waals surface area contributed by atoms with E-state index in [4.69, 9.17) is 0 Å². The van der Waals surface area contributed by atoms with Crippen molar-refractivity contribution in [2.45, 2.75) is 44.9 Å². The zero-order valence-electron chi connectivity index (χ0n) is 11.3. The molecule has 4 rings (SSSR count). The van der Waals surface area contributed by atoms with Crippen molar-refractivity contribution in [2.75, 3.05) is 0 Å². The first-order valence-electron chi connectivity index (χ1n) is 6.97. The van der Waals surface area contributed by atoms with E-state index in [-0.39, 0.29) is 0 Å². The zero-order chi connectivity index (χ0) is 12.5. The highest BCUT2D eigenvalue weighted by Crippen LogP contribution is 2.62. The van der Waals surface area contributed by atoms with Crippen LogP contribution < -0.4 is 0 Å². The molecule has 1 saturated carbocycles. The van der Waals surface area contributed by atoms with Gasteiger partial charge in [0.25, 0.3) is 0 Å². The number of fused-ring (bicyclic) bond motifs is 5. The molecule has 92 valence electrons. The molecule has 1 heteroatoms. The van der Waals surface area contributed by atoms with E-state index >= 15 is 0 Å². The second kappa shape index (κ2) is 3.09.